The van der Waals surface area contributed by atoms with Gasteiger partial charge < -0.3 is 13.8 Å². The molecule has 0 spiro atoms. The van der Waals surface area contributed by atoms with E-state index in [9.17, 15) is 18.0 Å². The molecule has 2 aromatic carbocycles. The number of hydrogen-bond donors (Lipinski definition) is 0. The first kappa shape index (κ1) is 28.6. The number of ether oxygens (including phenoxy) is 1. The van der Waals surface area contributed by atoms with E-state index in [-0.39, 0.29) is 6.10 Å². The summed E-state index contributed by atoms with van der Waals surface area (Å²) in [6.45, 7) is 4.81. The molecule has 0 bridgehead atoms. The van der Waals surface area contributed by atoms with Gasteiger partial charge in [0.15, 0.2) is 20.6 Å². The molecule has 7 nitrogen and oxygen atoms in total. The maximum absolute atomic E-state index is 12.9. The van der Waals surface area contributed by atoms with Crippen LogP contribution in [0.25, 0.3) is 21.6 Å². The van der Waals surface area contributed by atoms with Gasteiger partial charge in [-0.3, -0.25) is 4.79 Å². The summed E-state index contributed by atoms with van der Waals surface area (Å²) in [4.78, 5) is 28.0. The molecule has 13 heteroatoms. The Morgan fingerprint density at radius 1 is 1.10 bits per heavy atom. The molecule has 0 aliphatic carbocycles. The van der Waals surface area contributed by atoms with Gasteiger partial charge in [-0.25, -0.2) is 15.0 Å². The van der Waals surface area contributed by atoms with Crippen molar-refractivity contribution >= 4 is 61.6 Å². The van der Waals surface area contributed by atoms with Crippen molar-refractivity contribution in [2.45, 2.75) is 49.7 Å². The van der Waals surface area contributed by atoms with Crippen molar-refractivity contribution in [3.63, 3.8) is 0 Å². The van der Waals surface area contributed by atoms with Gasteiger partial charge >= 0.3 is 12.1 Å². The van der Waals surface area contributed by atoms with Gasteiger partial charge in [0, 0.05) is 32.9 Å². The second-order valence-electron chi connectivity index (χ2n) is 9.14. The van der Waals surface area contributed by atoms with E-state index in [0.717, 1.165) is 71.7 Å². The molecule has 0 saturated carbocycles. The van der Waals surface area contributed by atoms with Crippen LogP contribution in [0.5, 0.6) is 5.75 Å². The van der Waals surface area contributed by atoms with E-state index in [4.69, 9.17) is 18.9 Å². The van der Waals surface area contributed by atoms with E-state index in [1.165, 1.54) is 30.4 Å². The summed E-state index contributed by atoms with van der Waals surface area (Å²) in [6, 6.07) is 10.7. The summed E-state index contributed by atoms with van der Waals surface area (Å²) in [6.07, 6.45) is -2.19. The summed E-state index contributed by atoms with van der Waals surface area (Å²) in [5.41, 5.74) is 2.17. The van der Waals surface area contributed by atoms with Crippen LogP contribution in [0, 0.1) is 0 Å². The molecule has 3 heterocycles. The van der Waals surface area contributed by atoms with Gasteiger partial charge in [-0.1, -0.05) is 36.5 Å². The zero-order valence-corrected chi connectivity index (χ0v) is 24.7. The molecular weight excluding hydrogens is 629 g/mol. The number of aromatic nitrogens is 3. The minimum atomic E-state index is -4.37. The molecule has 0 amide bonds. The first-order chi connectivity index (χ1) is 19.1. The monoisotopic (exact) mass is 652 g/mol. The number of fused-ring (bicyclic) bond motifs is 1. The van der Waals surface area contributed by atoms with E-state index in [2.05, 4.69) is 25.8 Å². The molecule has 4 aromatic rings. The highest BCUT2D eigenvalue weighted by molar-refractivity contribution is 9.10. The quantitative estimate of drug-likeness (QED) is 0.188. The number of anilines is 1. The van der Waals surface area contributed by atoms with Gasteiger partial charge in [-0.05, 0) is 57.7 Å². The predicted molar refractivity (Wildman–Crippen MR) is 153 cm³/mol. The molecular formula is C27H24BrF3N4O3S2. The molecule has 0 N–H and O–H groups in total. The Morgan fingerprint density at radius 2 is 1.80 bits per heavy atom. The van der Waals surface area contributed by atoms with Crippen LogP contribution < -0.4 is 9.64 Å². The standard InChI is InChI=1S/C27H24BrF3N4O3S2/c1-3-21-24(34-25-23(32-21)33-26(39-25)40-38-15(2)36)35-12-10-19(11-13-35)37-22-14-17(6-9-20(22)28)16-4-7-18(8-5-16)27(29,30)31/h4-9,14,19H,3,10-13H2,1-2H3. The number of thiazole rings is 1. The molecule has 1 aliphatic heterocycles. The van der Waals surface area contributed by atoms with Gasteiger partial charge in [0.2, 0.25) is 0 Å². The third kappa shape index (κ3) is 6.52. The minimum absolute atomic E-state index is 0.0349. The Morgan fingerprint density at radius 3 is 2.45 bits per heavy atom. The van der Waals surface area contributed by atoms with Crippen LogP contribution in [0.2, 0.25) is 0 Å². The molecule has 210 valence electrons. The van der Waals surface area contributed by atoms with Gasteiger partial charge in [-0.2, -0.15) is 13.2 Å². The molecule has 40 heavy (non-hydrogen) atoms. The van der Waals surface area contributed by atoms with E-state index in [1.54, 1.807) is 0 Å². The molecule has 0 radical (unpaired) electrons. The summed E-state index contributed by atoms with van der Waals surface area (Å²) in [5, 5.41) is 0. The van der Waals surface area contributed by atoms with Crippen LogP contribution in [0.15, 0.2) is 51.3 Å². The van der Waals surface area contributed by atoms with Crippen molar-refractivity contribution in [1.29, 1.82) is 0 Å². The SMILES string of the molecule is CCc1nc2nc(SOC(C)=O)sc2nc1N1CCC(Oc2cc(-c3ccc(C(F)(F)F)cc3)ccc2Br)CC1. The molecule has 0 atom stereocenters. The minimum Gasteiger partial charge on any atom is -0.489 e. The number of rotatable bonds is 7. The summed E-state index contributed by atoms with van der Waals surface area (Å²) in [7, 11) is 0. The summed E-state index contributed by atoms with van der Waals surface area (Å²) in [5.74, 6) is 1.07. The maximum Gasteiger partial charge on any atom is 0.416 e. The Bertz CT molecular complexity index is 1520. The van der Waals surface area contributed by atoms with Crippen LogP contribution >= 0.6 is 39.3 Å². The van der Waals surface area contributed by atoms with Gasteiger partial charge in [0.1, 0.15) is 23.9 Å². The first-order valence-corrected chi connectivity index (χ1v) is 14.9. The number of carbonyl (C=O) groups is 1. The third-order valence-electron chi connectivity index (χ3n) is 6.36. The van der Waals surface area contributed by atoms with Crippen molar-refractivity contribution in [3.05, 3.63) is 58.2 Å². The molecule has 1 fully saturated rings. The van der Waals surface area contributed by atoms with E-state index < -0.39 is 17.7 Å². The number of alkyl halides is 3. The fraction of sp³-hybridized carbons (Fsp3) is 0.333. The predicted octanol–water partition coefficient (Wildman–Crippen LogP) is 7.72. The van der Waals surface area contributed by atoms with E-state index in [1.807, 2.05) is 25.1 Å². The van der Waals surface area contributed by atoms with Crippen LogP contribution in [-0.4, -0.2) is 40.1 Å². The second-order valence-corrected chi connectivity index (χ2v) is 11.9. The molecule has 0 unspecified atom stereocenters. The number of halogens is 4. The Balaban J connectivity index is 1.27. The average molecular weight is 654 g/mol. The lowest BCUT2D eigenvalue weighted by atomic mass is 10.0. The van der Waals surface area contributed by atoms with Crippen molar-refractivity contribution in [3.8, 4) is 16.9 Å². The molecule has 5 rings (SSSR count). The van der Waals surface area contributed by atoms with Crippen molar-refractivity contribution in [2.75, 3.05) is 18.0 Å². The lowest BCUT2D eigenvalue weighted by Crippen LogP contribution is -2.39. The van der Waals surface area contributed by atoms with E-state index in [0.29, 0.717) is 32.6 Å². The second kappa shape index (κ2) is 11.9. The smallest absolute Gasteiger partial charge is 0.416 e. The van der Waals surface area contributed by atoms with Gasteiger partial charge in [0.05, 0.1) is 15.7 Å². The Kier molecular flexibility index (Phi) is 8.52. The number of hydrogen-bond acceptors (Lipinski definition) is 9. The van der Waals surface area contributed by atoms with Crippen molar-refractivity contribution in [1.82, 2.24) is 15.0 Å². The number of carbonyl (C=O) groups excluding carboxylic acids is 1. The zero-order chi connectivity index (χ0) is 28.4. The van der Waals surface area contributed by atoms with Crippen LogP contribution in [-0.2, 0) is 21.6 Å². The largest absolute Gasteiger partial charge is 0.489 e. The van der Waals surface area contributed by atoms with Crippen molar-refractivity contribution in [2.24, 2.45) is 0 Å². The van der Waals surface area contributed by atoms with Gasteiger partial charge in [0.25, 0.3) is 0 Å². The Labute approximate surface area is 245 Å². The fourth-order valence-corrected chi connectivity index (χ4v) is 6.12. The summed E-state index contributed by atoms with van der Waals surface area (Å²) >= 11 is 5.78. The van der Waals surface area contributed by atoms with Crippen molar-refractivity contribution < 1.29 is 26.9 Å². The van der Waals surface area contributed by atoms with E-state index >= 15 is 0 Å². The number of benzene rings is 2. The lowest BCUT2D eigenvalue weighted by molar-refractivity contribution is -0.137. The fourth-order valence-electron chi connectivity index (χ4n) is 4.38. The highest BCUT2D eigenvalue weighted by Crippen LogP contribution is 2.36. The highest BCUT2D eigenvalue weighted by Gasteiger charge is 2.30. The number of aryl methyl sites for hydroxylation is 1. The Hall–Kier alpha value is -2.90. The topological polar surface area (TPSA) is 77.4 Å². The molecule has 1 saturated heterocycles. The summed E-state index contributed by atoms with van der Waals surface area (Å²) < 4.78 is 51.5. The van der Waals surface area contributed by atoms with Crippen LogP contribution in [0.3, 0.4) is 0 Å². The average Bonchev–Trinajstić information content (AvgIpc) is 3.34. The number of piperidine rings is 1. The first-order valence-electron chi connectivity index (χ1n) is 12.5. The normalized spacial score (nSPS) is 14.5. The van der Waals surface area contributed by atoms with Crippen LogP contribution in [0.4, 0.5) is 19.0 Å². The lowest BCUT2D eigenvalue weighted by Gasteiger charge is -2.33. The zero-order valence-electron chi connectivity index (χ0n) is 21.5. The molecule has 1 aliphatic rings. The highest BCUT2D eigenvalue weighted by atomic mass is 79.9. The van der Waals surface area contributed by atoms with Gasteiger partial charge in [-0.15, -0.1) is 0 Å². The maximum atomic E-state index is 12.9. The third-order valence-corrected chi connectivity index (χ3v) is 8.75. The van der Waals surface area contributed by atoms with Crippen LogP contribution in [0.1, 0.15) is 37.9 Å². The number of nitrogens with zero attached hydrogens (tertiary/aromatic N) is 4. The molecule has 2 aromatic heterocycles.